The highest BCUT2D eigenvalue weighted by Crippen LogP contribution is 2.34. The topological polar surface area (TPSA) is 20.2 Å². The zero-order chi connectivity index (χ0) is 13.5. The summed E-state index contributed by atoms with van der Waals surface area (Å²) in [6.45, 7) is 8.81. The molecule has 0 fully saturated rings. The van der Waals surface area contributed by atoms with Crippen LogP contribution in [-0.4, -0.2) is 11.2 Å². The van der Waals surface area contributed by atoms with Crippen LogP contribution < -0.4 is 0 Å². The summed E-state index contributed by atoms with van der Waals surface area (Å²) >= 11 is 0. The lowest BCUT2D eigenvalue weighted by Crippen LogP contribution is -2.30. The largest absolute Gasteiger partial charge is 0.392 e. The Morgan fingerprint density at radius 2 is 1.61 bits per heavy atom. The van der Waals surface area contributed by atoms with Crippen LogP contribution in [0.1, 0.15) is 58.4 Å². The third-order valence-corrected chi connectivity index (χ3v) is 4.14. The van der Waals surface area contributed by atoms with Crippen LogP contribution in [-0.2, 0) is 0 Å². The van der Waals surface area contributed by atoms with E-state index >= 15 is 0 Å². The summed E-state index contributed by atoms with van der Waals surface area (Å²) in [6.07, 6.45) is 3.11. The second-order valence-electron chi connectivity index (χ2n) is 5.58. The molecule has 18 heavy (non-hydrogen) atoms. The first kappa shape index (κ1) is 15.2. The average molecular weight is 248 g/mol. The minimum Gasteiger partial charge on any atom is -0.392 e. The molecule has 0 amide bonds. The van der Waals surface area contributed by atoms with Crippen molar-refractivity contribution in [1.82, 2.24) is 0 Å². The molecule has 1 heteroatoms. The average Bonchev–Trinajstić information content (AvgIpc) is 2.40. The lowest BCUT2D eigenvalue weighted by Gasteiger charge is -2.32. The second-order valence-corrected chi connectivity index (χ2v) is 5.58. The molecule has 102 valence electrons. The van der Waals surface area contributed by atoms with Gasteiger partial charge in [0, 0.05) is 5.92 Å². The van der Waals surface area contributed by atoms with E-state index in [0.717, 1.165) is 19.3 Å². The molecule has 1 aromatic rings. The zero-order valence-electron chi connectivity index (χ0n) is 12.3. The van der Waals surface area contributed by atoms with Gasteiger partial charge in [0.2, 0.25) is 0 Å². The first-order valence-electron chi connectivity index (χ1n) is 7.34. The van der Waals surface area contributed by atoms with E-state index in [1.165, 1.54) is 5.56 Å². The van der Waals surface area contributed by atoms with E-state index in [-0.39, 0.29) is 12.0 Å². The zero-order valence-corrected chi connectivity index (χ0v) is 12.3. The molecule has 0 aromatic heterocycles. The van der Waals surface area contributed by atoms with Crippen LogP contribution in [0.4, 0.5) is 0 Å². The summed E-state index contributed by atoms with van der Waals surface area (Å²) in [5.74, 6) is 1.15. The Morgan fingerprint density at radius 1 is 1.00 bits per heavy atom. The molecular weight excluding hydrogens is 220 g/mol. The molecule has 4 unspecified atom stereocenters. The monoisotopic (exact) mass is 248 g/mol. The quantitative estimate of drug-likeness (QED) is 0.747. The number of aliphatic hydroxyl groups is 1. The molecule has 1 N–H and O–H groups in total. The molecule has 0 aliphatic heterocycles. The van der Waals surface area contributed by atoms with Crippen LogP contribution in [0.2, 0.25) is 0 Å². The van der Waals surface area contributed by atoms with Gasteiger partial charge in [0.1, 0.15) is 0 Å². The van der Waals surface area contributed by atoms with Gasteiger partial charge in [0.05, 0.1) is 6.10 Å². The summed E-state index contributed by atoms with van der Waals surface area (Å²) in [5, 5.41) is 10.7. The Bertz CT molecular complexity index is 320. The minimum atomic E-state index is -0.234. The second kappa shape index (κ2) is 7.58. The Morgan fingerprint density at radius 3 is 2.11 bits per heavy atom. The van der Waals surface area contributed by atoms with Gasteiger partial charge in [-0.15, -0.1) is 0 Å². The molecule has 0 aliphatic carbocycles. The normalized spacial score (nSPS) is 18.1. The van der Waals surface area contributed by atoms with Gasteiger partial charge in [-0.25, -0.2) is 0 Å². The van der Waals surface area contributed by atoms with E-state index in [1.54, 1.807) is 0 Å². The molecular formula is C17H28O. The van der Waals surface area contributed by atoms with Crippen LogP contribution in [0, 0.1) is 11.8 Å². The van der Waals surface area contributed by atoms with Crippen LogP contribution in [0.15, 0.2) is 30.3 Å². The molecule has 0 heterocycles. The van der Waals surface area contributed by atoms with Gasteiger partial charge < -0.3 is 5.11 Å². The van der Waals surface area contributed by atoms with Gasteiger partial charge in [-0.2, -0.15) is 0 Å². The first-order valence-corrected chi connectivity index (χ1v) is 7.34. The number of benzene rings is 1. The molecule has 1 aromatic carbocycles. The highest BCUT2D eigenvalue weighted by atomic mass is 16.3. The number of rotatable bonds is 7. The van der Waals surface area contributed by atoms with Crippen molar-refractivity contribution >= 4 is 0 Å². The lowest BCUT2D eigenvalue weighted by molar-refractivity contribution is 0.0635. The molecule has 1 rings (SSSR count). The summed E-state index contributed by atoms with van der Waals surface area (Å²) < 4.78 is 0. The highest BCUT2D eigenvalue weighted by Gasteiger charge is 2.29. The Balaban J connectivity index is 2.92. The van der Waals surface area contributed by atoms with E-state index < -0.39 is 0 Å². The molecule has 0 aliphatic rings. The summed E-state index contributed by atoms with van der Waals surface area (Å²) in [5.41, 5.74) is 1.28. The van der Waals surface area contributed by atoms with Crippen molar-refractivity contribution in [1.29, 1.82) is 0 Å². The predicted octanol–water partition coefficient (Wildman–Crippen LogP) is 4.61. The third-order valence-electron chi connectivity index (χ3n) is 4.14. The molecule has 0 saturated heterocycles. The van der Waals surface area contributed by atoms with E-state index in [1.807, 2.05) is 6.07 Å². The van der Waals surface area contributed by atoms with Crippen molar-refractivity contribution in [2.24, 2.45) is 11.8 Å². The Labute approximate surface area is 112 Å². The van der Waals surface area contributed by atoms with Crippen molar-refractivity contribution in [2.75, 3.05) is 0 Å². The fourth-order valence-electron chi connectivity index (χ4n) is 2.77. The molecule has 0 spiro atoms. The van der Waals surface area contributed by atoms with Crippen LogP contribution in [0.25, 0.3) is 0 Å². The molecule has 0 saturated carbocycles. The molecule has 0 radical (unpaired) electrons. The van der Waals surface area contributed by atoms with E-state index in [0.29, 0.717) is 11.8 Å². The maximum atomic E-state index is 10.7. The smallest absolute Gasteiger partial charge is 0.0636 e. The minimum absolute atomic E-state index is 0.234. The van der Waals surface area contributed by atoms with Gasteiger partial charge in [-0.05, 0) is 23.8 Å². The van der Waals surface area contributed by atoms with Gasteiger partial charge in [-0.3, -0.25) is 0 Å². The van der Waals surface area contributed by atoms with Gasteiger partial charge in [0.15, 0.2) is 0 Å². The molecule has 4 atom stereocenters. The number of hydrogen-bond acceptors (Lipinski definition) is 1. The maximum absolute atomic E-state index is 10.7. The van der Waals surface area contributed by atoms with Crippen LogP contribution in [0.5, 0.6) is 0 Å². The third kappa shape index (κ3) is 3.84. The van der Waals surface area contributed by atoms with Crippen molar-refractivity contribution in [2.45, 2.75) is 59.0 Å². The number of hydrogen-bond donors (Lipinski definition) is 1. The van der Waals surface area contributed by atoms with E-state index in [4.69, 9.17) is 0 Å². The Kier molecular flexibility index (Phi) is 6.42. The SMILES string of the molecule is CCCC(C)C(O)C(c1ccccc1)C(C)CC. The summed E-state index contributed by atoms with van der Waals surface area (Å²) in [6, 6.07) is 10.5. The van der Waals surface area contributed by atoms with Crippen molar-refractivity contribution in [3.8, 4) is 0 Å². The number of aliphatic hydroxyl groups excluding tert-OH is 1. The van der Waals surface area contributed by atoms with Gasteiger partial charge in [-0.1, -0.05) is 70.9 Å². The van der Waals surface area contributed by atoms with E-state index in [9.17, 15) is 5.11 Å². The first-order chi connectivity index (χ1) is 8.61. The molecule has 0 bridgehead atoms. The van der Waals surface area contributed by atoms with Crippen molar-refractivity contribution in [3.63, 3.8) is 0 Å². The lowest BCUT2D eigenvalue weighted by atomic mass is 9.76. The fourth-order valence-corrected chi connectivity index (χ4v) is 2.77. The molecule has 1 nitrogen and oxygen atoms in total. The van der Waals surface area contributed by atoms with Crippen LogP contribution in [0.3, 0.4) is 0 Å². The van der Waals surface area contributed by atoms with Crippen LogP contribution >= 0.6 is 0 Å². The standard InChI is InChI=1S/C17H28O/c1-5-10-14(4)17(18)16(13(3)6-2)15-11-8-7-9-12-15/h7-9,11-14,16-18H,5-6,10H2,1-4H3. The predicted molar refractivity (Wildman–Crippen MR) is 78.7 cm³/mol. The maximum Gasteiger partial charge on any atom is 0.0636 e. The summed E-state index contributed by atoms with van der Waals surface area (Å²) in [4.78, 5) is 0. The fraction of sp³-hybridized carbons (Fsp3) is 0.647. The van der Waals surface area contributed by atoms with E-state index in [2.05, 4.69) is 52.0 Å². The van der Waals surface area contributed by atoms with Crippen molar-refractivity contribution in [3.05, 3.63) is 35.9 Å². The Hall–Kier alpha value is -0.820. The van der Waals surface area contributed by atoms with Gasteiger partial charge in [0.25, 0.3) is 0 Å². The van der Waals surface area contributed by atoms with Crippen molar-refractivity contribution < 1.29 is 5.11 Å². The van der Waals surface area contributed by atoms with Gasteiger partial charge >= 0.3 is 0 Å². The summed E-state index contributed by atoms with van der Waals surface area (Å²) in [7, 11) is 0. The highest BCUT2D eigenvalue weighted by molar-refractivity contribution is 5.21.